The summed E-state index contributed by atoms with van der Waals surface area (Å²) in [5.74, 6) is 4.32. The average Bonchev–Trinajstić information content (AvgIpc) is 3.30. The van der Waals surface area contributed by atoms with Crippen LogP contribution in [0.4, 0.5) is 0 Å². The minimum atomic E-state index is -1.79. The SMILES string of the molecule is C#C[C@]1(CC)O[C@@H](n2ccc(=O)[nH]c2=O)C(O)C1C.C#C[C@]1(CO)O[C@@H](n2ccc(=O)[nH]c2=O)C(O)C1O.[Ac].[Ac].[Ac]. The summed E-state index contributed by atoms with van der Waals surface area (Å²) in [7, 11) is 0. The van der Waals surface area contributed by atoms with Crippen LogP contribution in [-0.2, 0) is 9.47 Å². The van der Waals surface area contributed by atoms with Crippen LogP contribution in [0.2, 0.25) is 0 Å². The number of aromatic nitrogens is 4. The molecule has 0 bridgehead atoms. The number of hydrogen-bond donors (Lipinski definition) is 6. The number of terminal acetylenes is 2. The van der Waals surface area contributed by atoms with Crippen LogP contribution < -0.4 is 22.5 Å². The van der Waals surface area contributed by atoms with E-state index in [9.17, 15) is 39.6 Å². The van der Waals surface area contributed by atoms with E-state index in [1.165, 1.54) is 12.3 Å². The first-order valence-corrected chi connectivity index (χ1v) is 11.5. The van der Waals surface area contributed by atoms with Crippen molar-refractivity contribution in [2.24, 2.45) is 5.92 Å². The van der Waals surface area contributed by atoms with Gasteiger partial charge in [-0.15, -0.1) is 12.8 Å². The molecule has 2 aromatic rings. The molecule has 4 rings (SSSR count). The number of H-pyrrole nitrogens is 2. The van der Waals surface area contributed by atoms with Gasteiger partial charge in [-0.3, -0.25) is 28.7 Å². The van der Waals surface area contributed by atoms with E-state index in [0.29, 0.717) is 6.42 Å². The van der Waals surface area contributed by atoms with Gasteiger partial charge in [0, 0.05) is 163 Å². The smallest absolute Gasteiger partial charge is 0.330 e. The van der Waals surface area contributed by atoms with Crippen LogP contribution in [0.15, 0.2) is 43.7 Å². The zero-order chi connectivity index (χ0) is 28.4. The molecule has 41 heavy (non-hydrogen) atoms. The van der Waals surface area contributed by atoms with Gasteiger partial charge in [-0.2, -0.15) is 0 Å². The third-order valence-electron chi connectivity index (χ3n) is 6.79. The molecule has 14 nitrogen and oxygen atoms in total. The summed E-state index contributed by atoms with van der Waals surface area (Å²) < 4.78 is 13.0. The first kappa shape index (κ1) is 41.6. The molecule has 17 heteroatoms. The number of aliphatic hydroxyl groups excluding tert-OH is 4. The fourth-order valence-electron chi connectivity index (χ4n) is 4.37. The summed E-state index contributed by atoms with van der Waals surface area (Å²) in [4.78, 5) is 49.4. The van der Waals surface area contributed by atoms with Gasteiger partial charge in [0.2, 0.25) is 0 Å². The fraction of sp³-hybridized carbons (Fsp3) is 0.500. The Labute approximate surface area is 341 Å². The molecule has 2 aliphatic heterocycles. The van der Waals surface area contributed by atoms with Crippen LogP contribution in [0, 0.1) is 163 Å². The van der Waals surface area contributed by atoms with Gasteiger partial charge in [0.1, 0.15) is 23.9 Å². The zero-order valence-electron chi connectivity index (χ0n) is 22.2. The molecule has 4 unspecified atom stereocenters. The van der Waals surface area contributed by atoms with E-state index >= 15 is 0 Å². The number of nitrogens with one attached hydrogen (secondary N) is 2. The summed E-state index contributed by atoms with van der Waals surface area (Å²) in [5, 5.41) is 39.1. The van der Waals surface area contributed by atoms with E-state index in [0.717, 1.165) is 21.4 Å². The molecule has 8 atom stereocenters. The van der Waals surface area contributed by atoms with Crippen molar-refractivity contribution in [1.29, 1.82) is 0 Å². The van der Waals surface area contributed by atoms with Crippen molar-refractivity contribution in [3.8, 4) is 24.7 Å². The van der Waals surface area contributed by atoms with Crippen molar-refractivity contribution in [3.05, 3.63) is 66.2 Å². The predicted molar refractivity (Wildman–Crippen MR) is 131 cm³/mol. The van der Waals surface area contributed by atoms with Crippen LogP contribution in [-0.4, -0.2) is 75.6 Å². The van der Waals surface area contributed by atoms with Crippen LogP contribution >= 0.6 is 0 Å². The Kier molecular flexibility index (Phi) is 17.5. The van der Waals surface area contributed by atoms with Crippen LogP contribution in [0.3, 0.4) is 0 Å². The molecular formula is C24H28Ac3N4O10. The Morgan fingerprint density at radius 3 is 1.59 bits per heavy atom. The molecule has 0 spiro atoms. The maximum absolute atomic E-state index is 11.7. The van der Waals surface area contributed by atoms with Gasteiger partial charge in [0.05, 0.1) is 6.61 Å². The first-order valence-electron chi connectivity index (χ1n) is 11.5. The van der Waals surface area contributed by atoms with E-state index in [1.807, 2.05) is 11.9 Å². The van der Waals surface area contributed by atoms with E-state index < -0.39 is 71.1 Å². The minimum absolute atomic E-state index is 0. The molecule has 0 aromatic carbocycles. The molecule has 3 radical (unpaired) electrons. The van der Waals surface area contributed by atoms with Crippen molar-refractivity contribution in [3.63, 3.8) is 0 Å². The maximum Gasteiger partial charge on any atom is 0.330 e. The molecule has 6 N–H and O–H groups in total. The summed E-state index contributed by atoms with van der Waals surface area (Å²) in [6, 6.07) is 2.25. The van der Waals surface area contributed by atoms with Gasteiger partial charge in [-0.25, -0.2) is 9.59 Å². The predicted octanol–water partition coefficient (Wildman–Crippen LogP) is -3.00. The second kappa shape index (κ2) is 17.3. The van der Waals surface area contributed by atoms with Crippen molar-refractivity contribution >= 4 is 0 Å². The van der Waals surface area contributed by atoms with Crippen molar-refractivity contribution < 1.29 is 162 Å². The molecule has 0 saturated carbocycles. The number of nitrogens with zero attached hydrogens (tertiary/aromatic N) is 2. The summed E-state index contributed by atoms with van der Waals surface area (Å²) in [6.45, 7) is 2.92. The quantitative estimate of drug-likeness (QED) is 0.171. The van der Waals surface area contributed by atoms with Crippen LogP contribution in [0.25, 0.3) is 0 Å². The van der Waals surface area contributed by atoms with Gasteiger partial charge < -0.3 is 29.9 Å². The molecule has 213 valence electrons. The summed E-state index contributed by atoms with van der Waals surface area (Å²) >= 11 is 0. The Balaban J connectivity index is 0.000000727. The average molecular weight is 1210 g/mol. The number of hydrogen-bond acceptors (Lipinski definition) is 10. The molecule has 2 saturated heterocycles. The summed E-state index contributed by atoms with van der Waals surface area (Å²) in [6.07, 6.45) is 7.41. The van der Waals surface area contributed by atoms with Gasteiger partial charge >= 0.3 is 11.4 Å². The Morgan fingerprint density at radius 2 is 1.27 bits per heavy atom. The molecule has 0 aliphatic carbocycles. The fourth-order valence-corrected chi connectivity index (χ4v) is 4.37. The molecule has 2 aliphatic rings. The molecule has 2 aromatic heterocycles. The van der Waals surface area contributed by atoms with Crippen LogP contribution in [0.1, 0.15) is 32.7 Å². The van der Waals surface area contributed by atoms with Crippen molar-refractivity contribution in [1.82, 2.24) is 19.1 Å². The molecule has 2 fully saturated rings. The third kappa shape index (κ3) is 8.44. The van der Waals surface area contributed by atoms with E-state index in [4.69, 9.17) is 22.3 Å². The Bertz CT molecular complexity index is 1380. The second-order valence-corrected chi connectivity index (χ2v) is 8.85. The van der Waals surface area contributed by atoms with Gasteiger partial charge in [0.15, 0.2) is 18.1 Å². The molecule has 4 heterocycles. The largest absolute Gasteiger partial charge is 0.392 e. The Morgan fingerprint density at radius 1 is 0.854 bits per heavy atom. The number of ether oxygens (including phenoxy) is 2. The first-order chi connectivity index (χ1) is 17.9. The van der Waals surface area contributed by atoms with Gasteiger partial charge in [-0.1, -0.05) is 25.7 Å². The number of rotatable bonds is 4. The van der Waals surface area contributed by atoms with Gasteiger partial charge in [-0.05, 0) is 6.42 Å². The second-order valence-electron chi connectivity index (χ2n) is 8.85. The van der Waals surface area contributed by atoms with E-state index in [2.05, 4.69) is 16.8 Å². The van der Waals surface area contributed by atoms with E-state index in [1.54, 1.807) is 6.92 Å². The Hall–Kier alpha value is 0.565. The summed E-state index contributed by atoms with van der Waals surface area (Å²) in [5.41, 5.74) is -5.26. The van der Waals surface area contributed by atoms with E-state index in [-0.39, 0.29) is 138 Å². The van der Waals surface area contributed by atoms with Crippen molar-refractivity contribution in [2.75, 3.05) is 6.61 Å². The standard InChI is InChI=1S/C13H16N2O4.C11H12N2O6.3Ac/c1-4-13(5-2)8(3)10(17)11(19-13)15-7-6-9(16)14-12(15)18;1-2-11(5-14)8(17)7(16)9(19-11)13-4-3-6(15)12-10(13)18;;;/h1,6-8,10-11,17H,5H2,2-3H3,(H,14,16,18);1,3-4,7-9,14,16-17H,5H2,(H,12,15,18);;;/t8?,10?,11-,13-;7?,8?,9-,11-;;;/m11.../s1. The molecule has 0 amide bonds. The van der Waals surface area contributed by atoms with Gasteiger partial charge in [0.25, 0.3) is 11.1 Å². The minimum Gasteiger partial charge on any atom is -0.392 e. The normalized spacial score (nSPS) is 31.6. The zero-order valence-corrected chi connectivity index (χ0v) is 36.4. The monoisotopic (exact) mass is 1210 g/mol. The molecular weight excluding hydrogens is 1190 g/mol. The van der Waals surface area contributed by atoms with Crippen LogP contribution in [0.5, 0.6) is 0 Å². The maximum atomic E-state index is 11.7. The van der Waals surface area contributed by atoms with Crippen molar-refractivity contribution in [2.45, 2.75) is 62.2 Å². The number of aromatic amines is 2. The third-order valence-corrected chi connectivity index (χ3v) is 6.79. The topological polar surface area (TPSA) is 209 Å². The number of aliphatic hydroxyl groups is 4.